The molecule has 0 aliphatic heterocycles. The lowest BCUT2D eigenvalue weighted by Crippen LogP contribution is -1.87. The topological polar surface area (TPSA) is 102 Å². The lowest BCUT2D eigenvalue weighted by Gasteiger charge is -1.98. The summed E-state index contributed by atoms with van der Waals surface area (Å²) in [5, 5.41) is 23.0. The van der Waals surface area contributed by atoms with Crippen molar-refractivity contribution in [3.63, 3.8) is 0 Å². The third kappa shape index (κ3) is 4.19. The quantitative estimate of drug-likeness (QED) is 0.283. The molecule has 0 spiro atoms. The van der Waals surface area contributed by atoms with Gasteiger partial charge in [-0.25, -0.2) is 4.98 Å². The molecule has 3 aromatic carbocycles. The molecule has 0 bridgehead atoms. The molecule has 7 heteroatoms. The smallest absolute Gasteiger partial charge is 0.312 e. The first-order chi connectivity index (χ1) is 14.1. The third-order valence-electron chi connectivity index (χ3n) is 4.22. The van der Waals surface area contributed by atoms with Gasteiger partial charge in [-0.2, -0.15) is 0 Å². The van der Waals surface area contributed by atoms with E-state index in [1.807, 2.05) is 42.5 Å². The summed E-state index contributed by atoms with van der Waals surface area (Å²) >= 11 is 0. The van der Waals surface area contributed by atoms with Crippen molar-refractivity contribution in [2.75, 3.05) is 0 Å². The van der Waals surface area contributed by atoms with Crippen LogP contribution in [0.1, 0.15) is 17.1 Å². The predicted octanol–water partition coefficient (Wildman–Crippen LogP) is 5.36. The summed E-state index contributed by atoms with van der Waals surface area (Å²) in [6.07, 6.45) is 4.56. The first-order valence-electron chi connectivity index (χ1n) is 8.74. The molecule has 4 rings (SSSR count). The van der Waals surface area contributed by atoms with Crippen LogP contribution in [-0.4, -0.2) is 21.2 Å². The molecule has 0 amide bonds. The lowest BCUT2D eigenvalue weighted by molar-refractivity contribution is -0.384. The third-order valence-corrected chi connectivity index (χ3v) is 4.22. The first kappa shape index (κ1) is 18.1. The molecule has 4 aromatic rings. The largest absolute Gasteiger partial charge is 0.479 e. The van der Waals surface area contributed by atoms with Gasteiger partial charge in [-0.05, 0) is 34.5 Å². The Bertz CT molecular complexity index is 1260. The standard InChI is InChI=1S/C22H15N3O4/c26-22-20(14-23-18-10-9-16-5-1-2-6-17(16)13-18)24-21(29-22)11-8-15-4-3-7-19(12-15)25(27)28/h1-14,26H. The number of non-ortho nitro benzene ring substituents is 1. The first-order valence-corrected chi connectivity index (χ1v) is 8.74. The van der Waals surface area contributed by atoms with E-state index in [2.05, 4.69) is 9.98 Å². The van der Waals surface area contributed by atoms with Gasteiger partial charge in [-0.15, -0.1) is 0 Å². The van der Waals surface area contributed by atoms with Gasteiger partial charge in [0, 0.05) is 18.2 Å². The summed E-state index contributed by atoms with van der Waals surface area (Å²) < 4.78 is 5.21. The highest BCUT2D eigenvalue weighted by atomic mass is 16.6. The number of hydrogen-bond donors (Lipinski definition) is 1. The zero-order chi connectivity index (χ0) is 20.2. The summed E-state index contributed by atoms with van der Waals surface area (Å²) in [6, 6.07) is 19.9. The lowest BCUT2D eigenvalue weighted by atomic mass is 10.1. The number of nitrogens with zero attached hydrogens (tertiary/aromatic N) is 3. The van der Waals surface area contributed by atoms with E-state index >= 15 is 0 Å². The molecule has 0 aliphatic carbocycles. The average molecular weight is 385 g/mol. The monoisotopic (exact) mass is 385 g/mol. The van der Waals surface area contributed by atoms with Crippen LogP contribution in [-0.2, 0) is 0 Å². The second-order valence-corrected chi connectivity index (χ2v) is 6.22. The van der Waals surface area contributed by atoms with Crippen molar-refractivity contribution in [3.8, 4) is 5.95 Å². The molecule has 1 heterocycles. The van der Waals surface area contributed by atoms with Crippen LogP contribution in [0, 0.1) is 10.1 Å². The van der Waals surface area contributed by atoms with Gasteiger partial charge in [-0.3, -0.25) is 15.1 Å². The molecule has 1 aromatic heterocycles. The Morgan fingerprint density at radius 3 is 2.66 bits per heavy atom. The van der Waals surface area contributed by atoms with Crippen LogP contribution in [0.2, 0.25) is 0 Å². The molecule has 0 unspecified atom stereocenters. The van der Waals surface area contributed by atoms with Gasteiger partial charge in [0.05, 0.1) is 16.8 Å². The number of rotatable bonds is 5. The molecule has 142 valence electrons. The van der Waals surface area contributed by atoms with E-state index in [1.165, 1.54) is 24.4 Å². The normalized spacial score (nSPS) is 11.6. The molecule has 0 radical (unpaired) electrons. The number of aromatic hydroxyl groups is 1. The Morgan fingerprint density at radius 2 is 1.83 bits per heavy atom. The van der Waals surface area contributed by atoms with Gasteiger partial charge < -0.3 is 9.52 Å². The van der Waals surface area contributed by atoms with Crippen molar-refractivity contribution >= 4 is 40.5 Å². The van der Waals surface area contributed by atoms with Crippen molar-refractivity contribution in [2.24, 2.45) is 4.99 Å². The van der Waals surface area contributed by atoms with Gasteiger partial charge in [0.25, 0.3) is 5.69 Å². The fourth-order valence-corrected chi connectivity index (χ4v) is 2.80. The Hall–Kier alpha value is -4.26. The van der Waals surface area contributed by atoms with Crippen molar-refractivity contribution in [1.82, 2.24) is 4.98 Å². The van der Waals surface area contributed by atoms with Crippen LogP contribution in [0.5, 0.6) is 5.95 Å². The van der Waals surface area contributed by atoms with E-state index in [4.69, 9.17) is 4.42 Å². The Labute approximate surface area is 165 Å². The number of aromatic nitrogens is 1. The molecule has 1 N–H and O–H groups in total. The molecular formula is C22H15N3O4. The van der Waals surface area contributed by atoms with Gasteiger partial charge in [0.15, 0.2) is 5.69 Å². The van der Waals surface area contributed by atoms with E-state index in [0.717, 1.165) is 16.5 Å². The Kier molecular flexibility index (Phi) is 4.86. The number of hydrogen-bond acceptors (Lipinski definition) is 6. The molecule has 29 heavy (non-hydrogen) atoms. The summed E-state index contributed by atoms with van der Waals surface area (Å²) in [4.78, 5) is 18.9. The fraction of sp³-hybridized carbons (Fsp3) is 0. The minimum atomic E-state index is -0.463. The minimum absolute atomic E-state index is 0.00870. The van der Waals surface area contributed by atoms with Gasteiger partial charge in [0.1, 0.15) is 0 Å². The Balaban J connectivity index is 1.53. The van der Waals surface area contributed by atoms with Crippen molar-refractivity contribution in [3.05, 3.63) is 94.0 Å². The molecule has 7 nitrogen and oxygen atoms in total. The molecule has 0 saturated carbocycles. The van der Waals surface area contributed by atoms with Crippen LogP contribution >= 0.6 is 0 Å². The highest BCUT2D eigenvalue weighted by Gasteiger charge is 2.09. The van der Waals surface area contributed by atoms with E-state index in [0.29, 0.717) is 5.56 Å². The number of benzene rings is 3. The number of aliphatic imine (C=N–C) groups is 1. The minimum Gasteiger partial charge on any atom is -0.479 e. The second kappa shape index (κ2) is 7.77. The predicted molar refractivity (Wildman–Crippen MR) is 111 cm³/mol. The maximum absolute atomic E-state index is 10.8. The summed E-state index contributed by atoms with van der Waals surface area (Å²) in [5.41, 5.74) is 1.52. The summed E-state index contributed by atoms with van der Waals surface area (Å²) in [5.74, 6) is -0.192. The average Bonchev–Trinajstić information content (AvgIpc) is 3.10. The zero-order valence-electron chi connectivity index (χ0n) is 15.1. The SMILES string of the molecule is O=[N+]([O-])c1cccc(C=Cc2nc(C=Nc3ccc4ccccc4c3)c(O)o2)c1. The van der Waals surface area contributed by atoms with Crippen molar-refractivity contribution in [2.45, 2.75) is 0 Å². The van der Waals surface area contributed by atoms with Crippen molar-refractivity contribution < 1.29 is 14.4 Å². The van der Waals surface area contributed by atoms with Crippen LogP contribution in [0.4, 0.5) is 11.4 Å². The van der Waals surface area contributed by atoms with Gasteiger partial charge in [0.2, 0.25) is 5.89 Å². The van der Waals surface area contributed by atoms with Crippen LogP contribution < -0.4 is 0 Å². The highest BCUT2D eigenvalue weighted by molar-refractivity contribution is 5.87. The number of nitro benzene ring substituents is 1. The number of oxazole rings is 1. The molecule has 0 saturated heterocycles. The molecule has 0 fully saturated rings. The van der Waals surface area contributed by atoms with E-state index in [1.54, 1.807) is 18.2 Å². The summed E-state index contributed by atoms with van der Waals surface area (Å²) in [7, 11) is 0. The van der Waals surface area contributed by atoms with E-state index in [-0.39, 0.29) is 23.2 Å². The zero-order valence-corrected chi connectivity index (χ0v) is 15.1. The van der Waals surface area contributed by atoms with Crippen LogP contribution in [0.25, 0.3) is 22.9 Å². The van der Waals surface area contributed by atoms with Crippen LogP contribution in [0.3, 0.4) is 0 Å². The molecule has 0 atom stereocenters. The van der Waals surface area contributed by atoms with Crippen LogP contribution in [0.15, 0.2) is 76.1 Å². The summed E-state index contributed by atoms with van der Waals surface area (Å²) in [6.45, 7) is 0. The molecule has 0 aliphatic rings. The van der Waals surface area contributed by atoms with Gasteiger partial charge in [-0.1, -0.05) is 42.5 Å². The number of nitro groups is 1. The van der Waals surface area contributed by atoms with E-state index in [9.17, 15) is 15.2 Å². The van der Waals surface area contributed by atoms with Crippen molar-refractivity contribution in [1.29, 1.82) is 0 Å². The maximum Gasteiger partial charge on any atom is 0.312 e. The van der Waals surface area contributed by atoms with Gasteiger partial charge >= 0.3 is 5.95 Å². The number of fused-ring (bicyclic) bond motifs is 1. The maximum atomic E-state index is 10.8. The highest BCUT2D eigenvalue weighted by Crippen LogP contribution is 2.23. The van der Waals surface area contributed by atoms with E-state index < -0.39 is 4.92 Å². The second-order valence-electron chi connectivity index (χ2n) is 6.22. The fourth-order valence-electron chi connectivity index (χ4n) is 2.80. The molecular weight excluding hydrogens is 370 g/mol. The Morgan fingerprint density at radius 1 is 1.00 bits per heavy atom.